The molecule has 0 saturated carbocycles. The molecule has 0 fully saturated rings. The molecule has 108 valence electrons. The fraction of sp³-hybridized carbons (Fsp3) is 0.467. The van der Waals surface area contributed by atoms with Crippen LogP contribution in [0.2, 0.25) is 0 Å². The Hall–Kier alpha value is -1.91. The van der Waals surface area contributed by atoms with Crippen molar-refractivity contribution in [1.82, 2.24) is 4.90 Å². The smallest absolute Gasteiger partial charge is 0.266 e. The summed E-state index contributed by atoms with van der Waals surface area (Å²) < 4.78 is 13.2. The van der Waals surface area contributed by atoms with E-state index in [2.05, 4.69) is 5.16 Å². The van der Waals surface area contributed by atoms with Crippen LogP contribution < -0.4 is 0 Å². The molecule has 4 nitrogen and oxygen atoms in total. The summed E-state index contributed by atoms with van der Waals surface area (Å²) in [6.45, 7) is 4.01. The lowest BCUT2D eigenvalue weighted by Crippen LogP contribution is -2.41. The fourth-order valence-electron chi connectivity index (χ4n) is 2.07. The lowest BCUT2D eigenvalue weighted by molar-refractivity contribution is -0.142. The van der Waals surface area contributed by atoms with Crippen LogP contribution in [0.25, 0.3) is 0 Å². The Labute approximate surface area is 118 Å². The molecule has 0 spiro atoms. The van der Waals surface area contributed by atoms with E-state index in [-0.39, 0.29) is 17.8 Å². The zero-order valence-electron chi connectivity index (χ0n) is 12.0. The van der Waals surface area contributed by atoms with Crippen LogP contribution in [0, 0.1) is 5.82 Å². The molecule has 1 aromatic carbocycles. The largest absolute Gasteiger partial charge is 0.382 e. The van der Waals surface area contributed by atoms with Crippen LogP contribution in [0.1, 0.15) is 32.3 Å². The number of rotatable bonds is 4. The Morgan fingerprint density at radius 3 is 3.00 bits per heavy atom. The first kappa shape index (κ1) is 14.5. The summed E-state index contributed by atoms with van der Waals surface area (Å²) in [6.07, 6.45) is 0.655. The van der Waals surface area contributed by atoms with Gasteiger partial charge in [0.25, 0.3) is 5.91 Å². The lowest BCUT2D eigenvalue weighted by atomic mass is 10.0. The molecule has 2 atom stereocenters. The first-order valence-electron chi connectivity index (χ1n) is 6.78. The Kier molecular flexibility index (Phi) is 4.37. The van der Waals surface area contributed by atoms with Crippen molar-refractivity contribution in [2.24, 2.45) is 5.16 Å². The van der Waals surface area contributed by atoms with Gasteiger partial charge in [-0.15, -0.1) is 0 Å². The lowest BCUT2D eigenvalue weighted by Gasteiger charge is -2.25. The molecule has 1 aliphatic heterocycles. The van der Waals surface area contributed by atoms with Gasteiger partial charge in [-0.05, 0) is 25.5 Å². The summed E-state index contributed by atoms with van der Waals surface area (Å²) >= 11 is 0. The van der Waals surface area contributed by atoms with E-state index in [0.717, 1.165) is 6.42 Å². The Balaban J connectivity index is 2.03. The minimum absolute atomic E-state index is 0.0884. The van der Waals surface area contributed by atoms with Crippen molar-refractivity contribution < 1.29 is 14.0 Å². The highest BCUT2D eigenvalue weighted by atomic mass is 19.1. The van der Waals surface area contributed by atoms with E-state index in [0.29, 0.717) is 17.7 Å². The molecule has 1 amide bonds. The number of likely N-dealkylation sites (N-methyl/N-ethyl adjacent to an activating group) is 1. The van der Waals surface area contributed by atoms with E-state index in [1.807, 2.05) is 13.8 Å². The van der Waals surface area contributed by atoms with Gasteiger partial charge in [0, 0.05) is 25.1 Å². The molecule has 2 rings (SSSR count). The molecule has 20 heavy (non-hydrogen) atoms. The molecule has 1 aliphatic rings. The Morgan fingerprint density at radius 2 is 2.35 bits per heavy atom. The van der Waals surface area contributed by atoms with Gasteiger partial charge in [0.15, 0.2) is 0 Å². The third-order valence-electron chi connectivity index (χ3n) is 3.70. The third-order valence-corrected chi connectivity index (χ3v) is 3.70. The van der Waals surface area contributed by atoms with Crippen LogP contribution in [0.3, 0.4) is 0 Å². The molecular weight excluding hydrogens is 259 g/mol. The average Bonchev–Trinajstić information content (AvgIpc) is 2.94. The molecule has 5 heteroatoms. The van der Waals surface area contributed by atoms with Crippen molar-refractivity contribution in [3.05, 3.63) is 35.6 Å². The standard InChI is InChI=1S/C15H19FN2O2/c1-4-10(2)18(3)15(19)14-9-13(17-20-14)11-6-5-7-12(16)8-11/h5-8,10,14H,4,9H2,1-3H3/t10-,14+/m1/s1. The molecule has 0 unspecified atom stereocenters. The number of carbonyl (C=O) groups excluding carboxylic acids is 1. The van der Waals surface area contributed by atoms with E-state index in [1.165, 1.54) is 12.1 Å². The van der Waals surface area contributed by atoms with E-state index < -0.39 is 6.10 Å². The summed E-state index contributed by atoms with van der Waals surface area (Å²) in [5.41, 5.74) is 1.27. The van der Waals surface area contributed by atoms with Crippen molar-refractivity contribution in [2.75, 3.05) is 7.05 Å². The summed E-state index contributed by atoms with van der Waals surface area (Å²) in [4.78, 5) is 19.1. The summed E-state index contributed by atoms with van der Waals surface area (Å²) in [5, 5.41) is 3.92. The van der Waals surface area contributed by atoms with Crippen LogP contribution in [-0.2, 0) is 9.63 Å². The topological polar surface area (TPSA) is 41.9 Å². The van der Waals surface area contributed by atoms with Gasteiger partial charge < -0.3 is 9.74 Å². The van der Waals surface area contributed by atoms with Crippen molar-refractivity contribution in [3.63, 3.8) is 0 Å². The van der Waals surface area contributed by atoms with Gasteiger partial charge >= 0.3 is 0 Å². The van der Waals surface area contributed by atoms with Gasteiger partial charge in [-0.25, -0.2) is 4.39 Å². The molecule has 0 saturated heterocycles. The predicted molar refractivity (Wildman–Crippen MR) is 75.0 cm³/mol. The Bertz CT molecular complexity index is 530. The maximum atomic E-state index is 13.2. The molecule has 0 aromatic heterocycles. The number of halogens is 1. The highest BCUT2D eigenvalue weighted by molar-refractivity contribution is 6.04. The van der Waals surface area contributed by atoms with Crippen LogP contribution in [-0.4, -0.2) is 35.7 Å². The van der Waals surface area contributed by atoms with E-state index in [4.69, 9.17) is 4.84 Å². The monoisotopic (exact) mass is 278 g/mol. The van der Waals surface area contributed by atoms with Crippen molar-refractivity contribution >= 4 is 11.6 Å². The second-order valence-corrected chi connectivity index (χ2v) is 5.05. The van der Waals surface area contributed by atoms with Crippen molar-refractivity contribution in [3.8, 4) is 0 Å². The van der Waals surface area contributed by atoms with Gasteiger partial charge in [-0.3, -0.25) is 4.79 Å². The highest BCUT2D eigenvalue weighted by Crippen LogP contribution is 2.19. The van der Waals surface area contributed by atoms with Crippen LogP contribution in [0.15, 0.2) is 29.4 Å². The van der Waals surface area contributed by atoms with E-state index >= 15 is 0 Å². The third kappa shape index (κ3) is 2.98. The minimum Gasteiger partial charge on any atom is -0.382 e. The summed E-state index contributed by atoms with van der Waals surface area (Å²) in [7, 11) is 1.76. The van der Waals surface area contributed by atoms with Gasteiger partial charge in [0.2, 0.25) is 6.10 Å². The molecule has 0 aliphatic carbocycles. The molecule has 0 radical (unpaired) electrons. The number of hydrogen-bond donors (Lipinski definition) is 0. The van der Waals surface area contributed by atoms with Crippen LogP contribution in [0.4, 0.5) is 4.39 Å². The number of nitrogens with zero attached hydrogens (tertiary/aromatic N) is 2. The number of amides is 1. The molecule has 0 N–H and O–H groups in total. The maximum absolute atomic E-state index is 13.2. The molecular formula is C15H19FN2O2. The van der Waals surface area contributed by atoms with Crippen LogP contribution in [0.5, 0.6) is 0 Å². The maximum Gasteiger partial charge on any atom is 0.266 e. The average molecular weight is 278 g/mol. The first-order chi connectivity index (χ1) is 9.52. The number of oxime groups is 1. The zero-order valence-corrected chi connectivity index (χ0v) is 12.0. The second kappa shape index (κ2) is 6.03. The Morgan fingerprint density at radius 1 is 1.60 bits per heavy atom. The highest BCUT2D eigenvalue weighted by Gasteiger charge is 2.32. The minimum atomic E-state index is -0.604. The van der Waals surface area contributed by atoms with E-state index in [1.54, 1.807) is 24.1 Å². The second-order valence-electron chi connectivity index (χ2n) is 5.05. The number of carbonyl (C=O) groups is 1. The predicted octanol–water partition coefficient (Wildman–Crippen LogP) is 2.58. The molecule has 0 bridgehead atoms. The SMILES string of the molecule is CC[C@@H](C)N(C)C(=O)[C@@H]1CC(c2cccc(F)c2)=NO1. The normalized spacial score (nSPS) is 19.2. The fourth-order valence-corrected chi connectivity index (χ4v) is 2.07. The number of benzene rings is 1. The van der Waals surface area contributed by atoms with Gasteiger partial charge in [0.05, 0.1) is 5.71 Å². The van der Waals surface area contributed by atoms with Crippen molar-refractivity contribution in [2.45, 2.75) is 38.8 Å². The number of hydrogen-bond acceptors (Lipinski definition) is 3. The quantitative estimate of drug-likeness (QED) is 0.849. The first-order valence-corrected chi connectivity index (χ1v) is 6.78. The van der Waals surface area contributed by atoms with Gasteiger partial charge in [0.1, 0.15) is 5.82 Å². The molecule has 1 heterocycles. The molecule has 1 aromatic rings. The van der Waals surface area contributed by atoms with Gasteiger partial charge in [-0.2, -0.15) is 0 Å². The summed E-state index contributed by atoms with van der Waals surface area (Å²) in [6, 6.07) is 6.31. The van der Waals surface area contributed by atoms with Crippen molar-refractivity contribution in [1.29, 1.82) is 0 Å². The van der Waals surface area contributed by atoms with Crippen LogP contribution >= 0.6 is 0 Å². The summed E-state index contributed by atoms with van der Waals surface area (Å²) in [5.74, 6) is -0.411. The van der Waals surface area contributed by atoms with E-state index in [9.17, 15) is 9.18 Å². The zero-order chi connectivity index (χ0) is 14.7. The van der Waals surface area contributed by atoms with Gasteiger partial charge in [-0.1, -0.05) is 24.2 Å².